The molecule has 1 N–H and O–H groups in total. The molecular weight excluding hydrogens is 370 g/mol. The van der Waals surface area contributed by atoms with Crippen LogP contribution >= 0.6 is 0 Å². The van der Waals surface area contributed by atoms with Crippen molar-refractivity contribution in [3.05, 3.63) is 24.3 Å². The molecule has 2 amide bonds. The normalized spacial score (nSPS) is 15.6. The van der Waals surface area contributed by atoms with E-state index in [9.17, 15) is 18.0 Å². The Balaban J connectivity index is 1.76. The highest BCUT2D eigenvalue weighted by atomic mass is 32.2. The molecule has 8 nitrogen and oxygen atoms in total. The monoisotopic (exact) mass is 397 g/mol. The van der Waals surface area contributed by atoms with Gasteiger partial charge in [-0.25, -0.2) is 13.2 Å². The fourth-order valence-corrected chi connectivity index (χ4v) is 3.24. The molecule has 0 unspecified atom stereocenters. The molecule has 1 aliphatic rings. The van der Waals surface area contributed by atoms with E-state index in [-0.39, 0.29) is 23.4 Å². The second-order valence-corrected chi connectivity index (χ2v) is 9.09. The van der Waals surface area contributed by atoms with E-state index in [1.165, 1.54) is 12.1 Å². The number of anilines is 1. The van der Waals surface area contributed by atoms with Crippen LogP contribution < -0.4 is 5.32 Å². The van der Waals surface area contributed by atoms with Crippen molar-refractivity contribution in [1.29, 1.82) is 0 Å². The van der Waals surface area contributed by atoms with Crippen molar-refractivity contribution >= 4 is 27.5 Å². The van der Waals surface area contributed by atoms with Crippen LogP contribution in [0.1, 0.15) is 13.8 Å². The van der Waals surface area contributed by atoms with Gasteiger partial charge in [-0.2, -0.15) is 0 Å². The maximum atomic E-state index is 12.2. The fraction of sp³-hybridized carbons (Fsp3) is 0.556. The molecule has 1 aromatic carbocycles. The maximum Gasteiger partial charge on any atom is 0.409 e. The number of carbonyl (C=O) groups is 2. The Hall–Kier alpha value is -2.13. The fourth-order valence-electron chi connectivity index (χ4n) is 2.61. The molecular formula is C18H27N3O5S. The number of carbonyl (C=O) groups excluding carboxylic acids is 2. The van der Waals surface area contributed by atoms with Gasteiger partial charge in [-0.1, -0.05) is 13.8 Å². The summed E-state index contributed by atoms with van der Waals surface area (Å²) < 4.78 is 28.1. The zero-order chi connectivity index (χ0) is 20.0. The summed E-state index contributed by atoms with van der Waals surface area (Å²) in [6.45, 7) is 6.81. The molecule has 0 aliphatic carbocycles. The number of nitrogens with one attached hydrogen (secondary N) is 1. The van der Waals surface area contributed by atoms with Gasteiger partial charge >= 0.3 is 6.09 Å². The lowest BCUT2D eigenvalue weighted by Crippen LogP contribution is -2.50. The van der Waals surface area contributed by atoms with Crippen LogP contribution in [-0.4, -0.2) is 75.8 Å². The van der Waals surface area contributed by atoms with Gasteiger partial charge in [0, 0.05) is 38.1 Å². The zero-order valence-corrected chi connectivity index (χ0v) is 16.8. The predicted octanol–water partition coefficient (Wildman–Crippen LogP) is 1.44. The first-order valence-electron chi connectivity index (χ1n) is 8.89. The van der Waals surface area contributed by atoms with Crippen molar-refractivity contribution in [2.45, 2.75) is 18.7 Å². The summed E-state index contributed by atoms with van der Waals surface area (Å²) in [6.07, 6.45) is 0.831. The minimum absolute atomic E-state index is 0.182. The number of nitrogens with zero attached hydrogens (tertiary/aromatic N) is 2. The van der Waals surface area contributed by atoms with Gasteiger partial charge in [-0.15, -0.1) is 0 Å². The first-order valence-corrected chi connectivity index (χ1v) is 10.8. The van der Waals surface area contributed by atoms with Crippen molar-refractivity contribution in [2.24, 2.45) is 5.92 Å². The van der Waals surface area contributed by atoms with E-state index in [1.54, 1.807) is 17.0 Å². The summed E-state index contributed by atoms with van der Waals surface area (Å²) in [7, 11) is -3.26. The van der Waals surface area contributed by atoms with Gasteiger partial charge in [0.1, 0.15) is 0 Å². The van der Waals surface area contributed by atoms with Crippen LogP contribution in [0.15, 0.2) is 29.2 Å². The van der Waals surface area contributed by atoms with Gasteiger partial charge in [-0.05, 0) is 30.2 Å². The summed E-state index contributed by atoms with van der Waals surface area (Å²) in [5.74, 6) is 0.114. The SMILES string of the molecule is CC(C)COC(=O)N1CCN(CC(=O)Nc2ccc(S(C)(=O)=O)cc2)CC1. The highest BCUT2D eigenvalue weighted by molar-refractivity contribution is 7.90. The van der Waals surface area contributed by atoms with E-state index in [1.807, 2.05) is 18.7 Å². The number of hydrogen-bond acceptors (Lipinski definition) is 6. The Morgan fingerprint density at radius 2 is 1.70 bits per heavy atom. The Kier molecular flexibility index (Phi) is 7.20. The van der Waals surface area contributed by atoms with Crippen LogP contribution in [0.4, 0.5) is 10.5 Å². The smallest absolute Gasteiger partial charge is 0.409 e. The number of amides is 2. The third-order valence-electron chi connectivity index (χ3n) is 4.10. The summed E-state index contributed by atoms with van der Waals surface area (Å²) in [5.41, 5.74) is 0.545. The lowest BCUT2D eigenvalue weighted by Gasteiger charge is -2.33. The Bertz CT molecular complexity index is 754. The van der Waals surface area contributed by atoms with Crippen LogP contribution in [-0.2, 0) is 19.4 Å². The van der Waals surface area contributed by atoms with Crippen molar-refractivity contribution < 1.29 is 22.7 Å². The third-order valence-corrected chi connectivity index (χ3v) is 5.23. The maximum absolute atomic E-state index is 12.2. The number of benzene rings is 1. The predicted molar refractivity (Wildman–Crippen MR) is 102 cm³/mol. The molecule has 9 heteroatoms. The first-order chi connectivity index (χ1) is 12.6. The molecule has 0 radical (unpaired) electrons. The molecule has 0 saturated carbocycles. The number of piperazine rings is 1. The van der Waals surface area contributed by atoms with Crippen LogP contribution in [0.5, 0.6) is 0 Å². The molecule has 1 saturated heterocycles. The first kappa shape index (κ1) is 21.2. The highest BCUT2D eigenvalue weighted by Gasteiger charge is 2.23. The van der Waals surface area contributed by atoms with Crippen molar-refractivity contribution in [1.82, 2.24) is 9.80 Å². The molecule has 1 aliphatic heterocycles. The highest BCUT2D eigenvalue weighted by Crippen LogP contribution is 2.14. The van der Waals surface area contributed by atoms with Gasteiger partial charge in [0.05, 0.1) is 18.0 Å². The number of rotatable bonds is 6. The van der Waals surface area contributed by atoms with Gasteiger partial charge in [0.25, 0.3) is 0 Å². The Labute approximate surface area is 160 Å². The van der Waals surface area contributed by atoms with E-state index in [2.05, 4.69) is 5.32 Å². The molecule has 2 rings (SSSR count). The summed E-state index contributed by atoms with van der Waals surface area (Å²) in [4.78, 5) is 27.9. The third kappa shape index (κ3) is 6.84. The average Bonchev–Trinajstić information content (AvgIpc) is 2.60. The Morgan fingerprint density at radius 1 is 1.11 bits per heavy atom. The number of sulfone groups is 1. The van der Waals surface area contributed by atoms with Crippen LogP contribution in [0, 0.1) is 5.92 Å². The van der Waals surface area contributed by atoms with Crippen LogP contribution in [0.25, 0.3) is 0 Å². The minimum atomic E-state index is -3.26. The molecule has 150 valence electrons. The quantitative estimate of drug-likeness (QED) is 0.780. The van der Waals surface area contributed by atoms with E-state index in [0.717, 1.165) is 6.26 Å². The topological polar surface area (TPSA) is 96.0 Å². The van der Waals surface area contributed by atoms with Crippen LogP contribution in [0.3, 0.4) is 0 Å². The molecule has 0 bridgehead atoms. The van der Waals surface area contributed by atoms with E-state index >= 15 is 0 Å². The minimum Gasteiger partial charge on any atom is -0.449 e. The van der Waals surface area contributed by atoms with E-state index < -0.39 is 9.84 Å². The second kappa shape index (κ2) is 9.18. The van der Waals surface area contributed by atoms with Gasteiger partial charge in [-0.3, -0.25) is 9.69 Å². The second-order valence-electron chi connectivity index (χ2n) is 7.08. The van der Waals surface area contributed by atoms with Crippen molar-refractivity contribution in [2.75, 3.05) is 50.9 Å². The lowest BCUT2D eigenvalue weighted by atomic mass is 10.2. The summed E-state index contributed by atoms with van der Waals surface area (Å²) in [6, 6.07) is 6.06. The van der Waals surface area contributed by atoms with E-state index in [4.69, 9.17) is 4.74 Å². The molecule has 1 aromatic rings. The molecule has 1 fully saturated rings. The summed E-state index contributed by atoms with van der Waals surface area (Å²) >= 11 is 0. The van der Waals surface area contributed by atoms with Crippen molar-refractivity contribution in [3.8, 4) is 0 Å². The van der Waals surface area contributed by atoms with Crippen LogP contribution in [0.2, 0.25) is 0 Å². The molecule has 1 heterocycles. The Morgan fingerprint density at radius 3 is 2.22 bits per heavy atom. The molecule has 27 heavy (non-hydrogen) atoms. The number of hydrogen-bond donors (Lipinski definition) is 1. The summed E-state index contributed by atoms with van der Waals surface area (Å²) in [5, 5.41) is 2.75. The standard InChI is InChI=1S/C18H27N3O5S/c1-14(2)13-26-18(23)21-10-8-20(9-11-21)12-17(22)19-15-4-6-16(7-5-15)27(3,24)25/h4-7,14H,8-13H2,1-3H3,(H,19,22). The largest absolute Gasteiger partial charge is 0.449 e. The average molecular weight is 397 g/mol. The van der Waals surface area contributed by atoms with Gasteiger partial charge < -0.3 is 15.0 Å². The van der Waals surface area contributed by atoms with Gasteiger partial charge in [0.2, 0.25) is 5.91 Å². The zero-order valence-electron chi connectivity index (χ0n) is 16.0. The molecule has 0 aromatic heterocycles. The lowest BCUT2D eigenvalue weighted by molar-refractivity contribution is -0.117. The van der Waals surface area contributed by atoms with E-state index in [0.29, 0.717) is 44.4 Å². The number of ether oxygens (including phenoxy) is 1. The molecule has 0 spiro atoms. The van der Waals surface area contributed by atoms with Gasteiger partial charge in [0.15, 0.2) is 9.84 Å². The van der Waals surface area contributed by atoms with Crippen molar-refractivity contribution in [3.63, 3.8) is 0 Å². The molecule has 0 atom stereocenters.